The number of benzene rings is 2. The Morgan fingerprint density at radius 1 is 1.11 bits per heavy atom. The smallest absolute Gasteiger partial charge is 0.337 e. The molecule has 28 heavy (non-hydrogen) atoms. The van der Waals surface area contributed by atoms with Gasteiger partial charge in [-0.25, -0.2) is 4.79 Å². The molecule has 8 heteroatoms. The Kier molecular flexibility index (Phi) is 5.26. The Hall–Kier alpha value is -2.54. The average Bonchev–Trinajstić information content (AvgIpc) is 2.70. The van der Waals surface area contributed by atoms with Crippen LogP contribution in [-0.2, 0) is 0 Å². The molecule has 0 amide bonds. The van der Waals surface area contributed by atoms with Crippen LogP contribution in [0.5, 0.6) is 0 Å². The molecule has 144 valence electrons. The van der Waals surface area contributed by atoms with Gasteiger partial charge in [0, 0.05) is 41.6 Å². The number of carboxylic acids is 1. The van der Waals surface area contributed by atoms with Gasteiger partial charge in [-0.2, -0.15) is 0 Å². The second-order valence-electron chi connectivity index (χ2n) is 6.54. The lowest BCUT2D eigenvalue weighted by molar-refractivity contribution is 0.0698. The number of aromatic carboxylic acids is 1. The Bertz CT molecular complexity index is 1050. The number of hydrogen-bond acceptors (Lipinski definition) is 5. The molecule has 1 aliphatic heterocycles. The van der Waals surface area contributed by atoms with Gasteiger partial charge in [-0.3, -0.25) is 4.98 Å². The van der Waals surface area contributed by atoms with Crippen LogP contribution in [0, 0.1) is 0 Å². The van der Waals surface area contributed by atoms with Crippen molar-refractivity contribution < 1.29 is 9.90 Å². The molecule has 2 aromatic carbocycles. The van der Waals surface area contributed by atoms with Gasteiger partial charge in [-0.1, -0.05) is 23.2 Å². The number of pyridine rings is 1. The molecule has 4 rings (SSSR count). The maximum absolute atomic E-state index is 11.7. The first-order valence-corrected chi connectivity index (χ1v) is 9.62. The van der Waals surface area contributed by atoms with Crippen LogP contribution in [-0.4, -0.2) is 42.2 Å². The van der Waals surface area contributed by atoms with Crippen LogP contribution in [0.4, 0.5) is 17.1 Å². The topological polar surface area (TPSA) is 77.5 Å². The molecule has 1 aliphatic rings. The zero-order valence-corrected chi connectivity index (χ0v) is 16.4. The lowest BCUT2D eigenvalue weighted by atomic mass is 10.1. The second-order valence-corrected chi connectivity index (χ2v) is 7.41. The largest absolute Gasteiger partial charge is 0.478 e. The first-order chi connectivity index (χ1) is 13.5. The van der Waals surface area contributed by atoms with E-state index in [-0.39, 0.29) is 5.56 Å². The highest BCUT2D eigenvalue weighted by Crippen LogP contribution is 2.37. The van der Waals surface area contributed by atoms with E-state index in [4.69, 9.17) is 23.2 Å². The number of nitrogens with one attached hydrogen (secondary N) is 2. The SMILES string of the molecule is O=C(O)c1cc(Cl)ccc1Nc1c(N2CCNCC2)cnc2ccc(Cl)cc12. The van der Waals surface area contributed by atoms with Crippen molar-refractivity contribution in [2.75, 3.05) is 36.4 Å². The summed E-state index contributed by atoms with van der Waals surface area (Å²) in [5.74, 6) is -1.05. The fourth-order valence-corrected chi connectivity index (χ4v) is 3.71. The zero-order valence-electron chi connectivity index (χ0n) is 14.9. The number of piperazine rings is 1. The van der Waals surface area contributed by atoms with E-state index >= 15 is 0 Å². The molecule has 0 radical (unpaired) electrons. The third-order valence-electron chi connectivity index (χ3n) is 4.74. The van der Waals surface area contributed by atoms with Crippen LogP contribution >= 0.6 is 23.2 Å². The first-order valence-electron chi connectivity index (χ1n) is 8.87. The quantitative estimate of drug-likeness (QED) is 0.585. The van der Waals surface area contributed by atoms with Crippen LogP contribution in [0.15, 0.2) is 42.6 Å². The zero-order chi connectivity index (χ0) is 19.7. The number of hydrogen-bond donors (Lipinski definition) is 3. The molecular formula is C20H18Cl2N4O2. The van der Waals surface area contributed by atoms with Crippen molar-refractivity contribution in [3.8, 4) is 0 Å². The number of halogens is 2. The van der Waals surface area contributed by atoms with Crippen molar-refractivity contribution >= 4 is 57.1 Å². The van der Waals surface area contributed by atoms with Crippen molar-refractivity contribution in [2.45, 2.75) is 0 Å². The van der Waals surface area contributed by atoms with Crippen LogP contribution in [0.25, 0.3) is 10.9 Å². The number of carbonyl (C=O) groups is 1. The molecule has 1 saturated heterocycles. The molecule has 0 saturated carbocycles. The van der Waals surface area contributed by atoms with Crippen molar-refractivity contribution in [1.82, 2.24) is 10.3 Å². The van der Waals surface area contributed by atoms with Gasteiger partial charge in [0.15, 0.2) is 0 Å². The van der Waals surface area contributed by atoms with Gasteiger partial charge in [0.25, 0.3) is 0 Å². The summed E-state index contributed by atoms with van der Waals surface area (Å²) in [6.45, 7) is 3.40. The number of rotatable bonds is 4. The number of anilines is 3. The minimum Gasteiger partial charge on any atom is -0.478 e. The summed E-state index contributed by atoms with van der Waals surface area (Å²) in [6.07, 6.45) is 1.82. The van der Waals surface area contributed by atoms with E-state index < -0.39 is 5.97 Å². The van der Waals surface area contributed by atoms with Gasteiger partial charge >= 0.3 is 5.97 Å². The number of nitrogens with zero attached hydrogens (tertiary/aromatic N) is 2. The van der Waals surface area contributed by atoms with E-state index in [9.17, 15) is 9.90 Å². The molecule has 1 aromatic heterocycles. The Labute approximate surface area is 172 Å². The normalized spacial score (nSPS) is 14.3. The van der Waals surface area contributed by atoms with Crippen molar-refractivity contribution in [2.24, 2.45) is 0 Å². The van der Waals surface area contributed by atoms with E-state index in [1.165, 1.54) is 6.07 Å². The fraction of sp³-hybridized carbons (Fsp3) is 0.200. The summed E-state index contributed by atoms with van der Waals surface area (Å²) in [6, 6.07) is 10.3. The van der Waals surface area contributed by atoms with Gasteiger partial charge < -0.3 is 20.6 Å². The van der Waals surface area contributed by atoms with E-state index in [0.717, 1.165) is 48.5 Å². The molecule has 0 unspecified atom stereocenters. The van der Waals surface area contributed by atoms with Crippen LogP contribution in [0.2, 0.25) is 10.0 Å². The molecule has 0 aliphatic carbocycles. The lowest BCUT2D eigenvalue weighted by Gasteiger charge is -2.31. The Balaban J connectivity index is 1.88. The minimum atomic E-state index is -1.05. The highest BCUT2D eigenvalue weighted by Gasteiger charge is 2.20. The first kappa shape index (κ1) is 18.8. The van der Waals surface area contributed by atoms with Crippen LogP contribution < -0.4 is 15.5 Å². The van der Waals surface area contributed by atoms with Gasteiger partial charge in [0.05, 0.1) is 34.3 Å². The van der Waals surface area contributed by atoms with Gasteiger partial charge in [-0.05, 0) is 36.4 Å². The molecular weight excluding hydrogens is 399 g/mol. The third kappa shape index (κ3) is 3.71. The van der Waals surface area contributed by atoms with Gasteiger partial charge in [0.2, 0.25) is 0 Å². The van der Waals surface area contributed by atoms with Gasteiger partial charge in [-0.15, -0.1) is 0 Å². The molecule has 0 spiro atoms. The van der Waals surface area contributed by atoms with E-state index in [2.05, 4.69) is 20.5 Å². The summed E-state index contributed by atoms with van der Waals surface area (Å²) < 4.78 is 0. The molecule has 3 aromatic rings. The number of carboxylic acid groups (broad SMARTS) is 1. The van der Waals surface area contributed by atoms with Crippen LogP contribution in [0.3, 0.4) is 0 Å². The van der Waals surface area contributed by atoms with Crippen molar-refractivity contribution in [3.05, 3.63) is 58.2 Å². The highest BCUT2D eigenvalue weighted by molar-refractivity contribution is 6.32. The van der Waals surface area contributed by atoms with Crippen molar-refractivity contribution in [3.63, 3.8) is 0 Å². The average molecular weight is 417 g/mol. The summed E-state index contributed by atoms with van der Waals surface area (Å²) >= 11 is 12.2. The third-order valence-corrected chi connectivity index (χ3v) is 5.21. The predicted molar refractivity (Wildman–Crippen MR) is 114 cm³/mol. The van der Waals surface area contributed by atoms with Crippen LogP contribution in [0.1, 0.15) is 10.4 Å². The highest BCUT2D eigenvalue weighted by atomic mass is 35.5. The van der Waals surface area contributed by atoms with Gasteiger partial charge in [0.1, 0.15) is 0 Å². The summed E-state index contributed by atoms with van der Waals surface area (Å²) in [5.41, 5.74) is 3.02. The molecule has 6 nitrogen and oxygen atoms in total. The maximum atomic E-state index is 11.7. The number of fused-ring (bicyclic) bond motifs is 1. The lowest BCUT2D eigenvalue weighted by Crippen LogP contribution is -2.43. The Morgan fingerprint density at radius 3 is 2.57 bits per heavy atom. The minimum absolute atomic E-state index is 0.103. The maximum Gasteiger partial charge on any atom is 0.337 e. The molecule has 3 N–H and O–H groups in total. The predicted octanol–water partition coefficient (Wildman–Crippen LogP) is 4.39. The molecule has 2 heterocycles. The fourth-order valence-electron chi connectivity index (χ4n) is 3.37. The monoisotopic (exact) mass is 416 g/mol. The number of aromatic nitrogens is 1. The van der Waals surface area contributed by atoms with E-state index in [1.807, 2.05) is 18.3 Å². The van der Waals surface area contributed by atoms with E-state index in [0.29, 0.717) is 15.7 Å². The summed E-state index contributed by atoms with van der Waals surface area (Å²) in [5, 5.41) is 18.0. The van der Waals surface area contributed by atoms with Crippen molar-refractivity contribution in [1.29, 1.82) is 0 Å². The molecule has 0 bridgehead atoms. The Morgan fingerprint density at radius 2 is 1.82 bits per heavy atom. The standard InChI is InChI=1S/C20H18Cl2N4O2/c21-12-1-3-16-14(9-12)19(18(11-24-16)26-7-5-23-6-8-26)25-17-4-2-13(22)10-15(17)20(27)28/h1-4,9-11,23H,5-8H2,(H,24,25)(H,27,28). The second kappa shape index (κ2) is 7.83. The molecule has 1 fully saturated rings. The summed E-state index contributed by atoms with van der Waals surface area (Å²) in [4.78, 5) is 18.5. The summed E-state index contributed by atoms with van der Waals surface area (Å²) in [7, 11) is 0. The van der Waals surface area contributed by atoms with E-state index in [1.54, 1.807) is 18.2 Å². The molecule has 0 atom stereocenters.